The Labute approximate surface area is 193 Å². The molecule has 0 bridgehead atoms. The first-order valence-electron chi connectivity index (χ1n) is 13.7. The minimum absolute atomic E-state index is 0.168. The van der Waals surface area contributed by atoms with E-state index in [0.29, 0.717) is 12.8 Å². The van der Waals surface area contributed by atoms with Crippen LogP contribution in [0.3, 0.4) is 0 Å². The van der Waals surface area contributed by atoms with Crippen LogP contribution >= 0.6 is 0 Å². The maximum absolute atomic E-state index is 12.3. The third-order valence-electron chi connectivity index (χ3n) is 6.44. The van der Waals surface area contributed by atoms with E-state index in [2.05, 4.69) is 6.92 Å². The molecular formula is C28H52O3. The molecule has 3 heteroatoms. The van der Waals surface area contributed by atoms with Gasteiger partial charge in [-0.3, -0.25) is 4.79 Å². The molecule has 0 aliphatic carbocycles. The van der Waals surface area contributed by atoms with Crippen LogP contribution in [-0.4, -0.2) is 18.4 Å². The predicted octanol–water partition coefficient (Wildman–Crippen LogP) is 8.56. The zero-order chi connectivity index (χ0) is 22.8. The Bertz CT molecular complexity index is 405. The van der Waals surface area contributed by atoms with Gasteiger partial charge in [-0.25, -0.2) is 0 Å². The number of ketones is 1. The molecule has 0 saturated carbocycles. The Balaban J connectivity index is 3.47. The van der Waals surface area contributed by atoms with Gasteiger partial charge in [0, 0.05) is 12.8 Å². The molecule has 0 N–H and O–H groups in total. The van der Waals surface area contributed by atoms with E-state index in [0.717, 1.165) is 51.1 Å². The fourth-order valence-corrected chi connectivity index (χ4v) is 4.28. The second-order valence-electron chi connectivity index (χ2n) is 9.42. The number of carbonyl (C=O) groups excluding carboxylic acids is 3. The van der Waals surface area contributed by atoms with Crippen LogP contribution in [0.25, 0.3) is 0 Å². The Morgan fingerprint density at radius 1 is 0.581 bits per heavy atom. The normalized spacial score (nSPS) is 12.0. The van der Waals surface area contributed by atoms with Gasteiger partial charge in [0.25, 0.3) is 0 Å². The van der Waals surface area contributed by atoms with Crippen molar-refractivity contribution in [3.05, 3.63) is 0 Å². The number of hydrogen-bond acceptors (Lipinski definition) is 3. The average Bonchev–Trinajstić information content (AvgIpc) is 2.78. The quantitative estimate of drug-likeness (QED) is 0.0775. The van der Waals surface area contributed by atoms with Gasteiger partial charge in [0.15, 0.2) is 0 Å². The molecule has 0 rings (SSSR count). The van der Waals surface area contributed by atoms with E-state index in [9.17, 15) is 14.4 Å². The summed E-state index contributed by atoms with van der Waals surface area (Å²) < 4.78 is 0. The van der Waals surface area contributed by atoms with Gasteiger partial charge in [-0.1, -0.05) is 122 Å². The molecule has 182 valence electrons. The molecule has 1 unspecified atom stereocenters. The molecule has 0 aromatic heterocycles. The second-order valence-corrected chi connectivity index (χ2v) is 9.42. The van der Waals surface area contributed by atoms with Crippen molar-refractivity contribution in [1.82, 2.24) is 0 Å². The van der Waals surface area contributed by atoms with Crippen molar-refractivity contribution in [2.75, 3.05) is 0 Å². The maximum atomic E-state index is 12.3. The van der Waals surface area contributed by atoms with Crippen molar-refractivity contribution < 1.29 is 14.4 Å². The van der Waals surface area contributed by atoms with Crippen molar-refractivity contribution in [1.29, 1.82) is 0 Å². The lowest BCUT2D eigenvalue weighted by molar-refractivity contribution is -0.127. The highest BCUT2D eigenvalue weighted by molar-refractivity contribution is 5.93. The molecule has 1 atom stereocenters. The summed E-state index contributed by atoms with van der Waals surface area (Å²) in [6, 6.07) is 0. The molecule has 0 aromatic carbocycles. The molecule has 0 spiro atoms. The standard InChI is InChI=1S/C28H52O3/c1-2-3-4-5-6-7-8-12-15-18-21-24-28(31)27(26-30)23-20-17-14-11-9-10-13-16-19-22-25-29/h25-27H,2-24H2,1H3. The summed E-state index contributed by atoms with van der Waals surface area (Å²) in [5.74, 6) is -0.192. The van der Waals surface area contributed by atoms with E-state index >= 15 is 0 Å². The summed E-state index contributed by atoms with van der Waals surface area (Å²) >= 11 is 0. The summed E-state index contributed by atoms with van der Waals surface area (Å²) in [6.07, 6.45) is 28.6. The largest absolute Gasteiger partial charge is 0.303 e. The molecule has 31 heavy (non-hydrogen) atoms. The van der Waals surface area contributed by atoms with E-state index < -0.39 is 0 Å². The van der Waals surface area contributed by atoms with Crippen molar-refractivity contribution in [3.63, 3.8) is 0 Å². The Hall–Kier alpha value is -0.990. The van der Waals surface area contributed by atoms with Gasteiger partial charge in [-0.2, -0.15) is 0 Å². The summed E-state index contributed by atoms with van der Waals surface area (Å²) in [5.41, 5.74) is 0. The zero-order valence-electron chi connectivity index (χ0n) is 20.7. The topological polar surface area (TPSA) is 51.2 Å². The smallest absolute Gasteiger partial charge is 0.143 e. The summed E-state index contributed by atoms with van der Waals surface area (Å²) in [7, 11) is 0. The van der Waals surface area contributed by atoms with E-state index in [1.54, 1.807) is 0 Å². The van der Waals surface area contributed by atoms with Crippen molar-refractivity contribution in [3.8, 4) is 0 Å². The van der Waals surface area contributed by atoms with Crippen LogP contribution in [-0.2, 0) is 14.4 Å². The molecule has 0 radical (unpaired) electrons. The van der Waals surface area contributed by atoms with E-state index in [4.69, 9.17) is 0 Å². The van der Waals surface area contributed by atoms with Crippen molar-refractivity contribution >= 4 is 18.4 Å². The van der Waals surface area contributed by atoms with Crippen LogP contribution in [0.5, 0.6) is 0 Å². The predicted molar refractivity (Wildman–Crippen MR) is 132 cm³/mol. The number of aldehydes is 2. The number of carbonyl (C=O) groups is 3. The van der Waals surface area contributed by atoms with Gasteiger partial charge in [-0.15, -0.1) is 0 Å². The van der Waals surface area contributed by atoms with Gasteiger partial charge in [-0.05, 0) is 19.3 Å². The Kier molecular flexibility index (Phi) is 24.5. The van der Waals surface area contributed by atoms with Gasteiger partial charge in [0.1, 0.15) is 18.4 Å². The van der Waals surface area contributed by atoms with Crippen LogP contribution in [0.4, 0.5) is 0 Å². The van der Waals surface area contributed by atoms with E-state index in [1.807, 2.05) is 0 Å². The van der Waals surface area contributed by atoms with Gasteiger partial charge in [0.2, 0.25) is 0 Å². The summed E-state index contributed by atoms with van der Waals surface area (Å²) in [6.45, 7) is 2.26. The zero-order valence-corrected chi connectivity index (χ0v) is 20.7. The van der Waals surface area contributed by atoms with Gasteiger partial charge < -0.3 is 9.59 Å². The maximum Gasteiger partial charge on any atom is 0.143 e. The first-order chi connectivity index (χ1) is 15.3. The number of Topliss-reactive ketones (excluding diaryl/α,β-unsaturated/α-hetero) is 1. The fraction of sp³-hybridized carbons (Fsp3) is 0.893. The van der Waals surface area contributed by atoms with Crippen LogP contribution < -0.4 is 0 Å². The first kappa shape index (κ1) is 30.0. The van der Waals surface area contributed by atoms with Crippen molar-refractivity contribution in [2.45, 2.75) is 155 Å². The SMILES string of the molecule is CCCCCCCCCCCCCC(=O)C(C=O)CCCCCCCCCCCC=O. The number of hydrogen-bond donors (Lipinski definition) is 0. The lowest BCUT2D eigenvalue weighted by Crippen LogP contribution is -2.15. The third kappa shape index (κ3) is 22.0. The minimum atomic E-state index is -0.360. The minimum Gasteiger partial charge on any atom is -0.303 e. The Morgan fingerprint density at radius 3 is 1.45 bits per heavy atom. The number of rotatable bonds is 26. The van der Waals surface area contributed by atoms with Crippen molar-refractivity contribution in [2.24, 2.45) is 5.92 Å². The van der Waals surface area contributed by atoms with Crippen LogP contribution in [0.1, 0.15) is 155 Å². The summed E-state index contributed by atoms with van der Waals surface area (Å²) in [5, 5.41) is 0. The first-order valence-corrected chi connectivity index (χ1v) is 13.7. The Morgan fingerprint density at radius 2 is 1.00 bits per heavy atom. The molecular weight excluding hydrogens is 384 g/mol. The average molecular weight is 437 g/mol. The monoisotopic (exact) mass is 436 g/mol. The van der Waals surface area contributed by atoms with E-state index in [1.165, 1.54) is 96.3 Å². The molecule has 0 amide bonds. The lowest BCUT2D eigenvalue weighted by atomic mass is 9.94. The molecule has 3 nitrogen and oxygen atoms in total. The molecule has 0 aliphatic rings. The molecule has 0 aliphatic heterocycles. The highest BCUT2D eigenvalue weighted by Crippen LogP contribution is 2.17. The fourth-order valence-electron chi connectivity index (χ4n) is 4.28. The second kappa shape index (κ2) is 25.3. The third-order valence-corrected chi connectivity index (χ3v) is 6.44. The molecule has 0 fully saturated rings. The summed E-state index contributed by atoms with van der Waals surface area (Å²) in [4.78, 5) is 33.9. The lowest BCUT2D eigenvalue weighted by Gasteiger charge is -2.09. The highest BCUT2D eigenvalue weighted by atomic mass is 16.1. The molecule has 0 aromatic rings. The van der Waals surface area contributed by atoms with Crippen LogP contribution in [0, 0.1) is 5.92 Å². The molecule has 0 saturated heterocycles. The molecule has 0 heterocycles. The van der Waals surface area contributed by atoms with Crippen LogP contribution in [0.2, 0.25) is 0 Å². The van der Waals surface area contributed by atoms with Gasteiger partial charge in [0.05, 0.1) is 5.92 Å². The number of unbranched alkanes of at least 4 members (excludes halogenated alkanes) is 19. The van der Waals surface area contributed by atoms with Crippen LogP contribution in [0.15, 0.2) is 0 Å². The van der Waals surface area contributed by atoms with E-state index in [-0.39, 0.29) is 11.7 Å². The van der Waals surface area contributed by atoms with Gasteiger partial charge >= 0.3 is 0 Å². The highest BCUT2D eigenvalue weighted by Gasteiger charge is 2.16.